The fraction of sp³-hybridized carbons (Fsp3) is 0. The second kappa shape index (κ2) is 5.32. The molecule has 0 aliphatic rings. The van der Waals surface area contributed by atoms with E-state index >= 15 is 0 Å². The van der Waals surface area contributed by atoms with Crippen molar-refractivity contribution in [2.24, 2.45) is 0 Å². The predicted molar refractivity (Wildman–Crippen MR) is 68.2 cm³/mol. The average Bonchev–Trinajstić information content (AvgIpc) is 2.31. The van der Waals surface area contributed by atoms with E-state index in [4.69, 9.17) is 21.4 Å². The van der Waals surface area contributed by atoms with Gasteiger partial charge in [-0.25, -0.2) is 9.78 Å². The molecule has 2 aromatic rings. The molecule has 2 aromatic heterocycles. The Labute approximate surface area is 116 Å². The highest BCUT2D eigenvalue weighted by Crippen LogP contribution is 2.25. The van der Waals surface area contributed by atoms with Crippen LogP contribution in [0.25, 0.3) is 0 Å². The van der Waals surface area contributed by atoms with Gasteiger partial charge in [-0.05, 0) is 22.0 Å². The van der Waals surface area contributed by atoms with E-state index in [1.807, 2.05) is 0 Å². The van der Waals surface area contributed by atoms with Gasteiger partial charge in [-0.2, -0.15) is 0 Å². The summed E-state index contributed by atoms with van der Waals surface area (Å²) in [5, 5.41) is 8.97. The van der Waals surface area contributed by atoms with Gasteiger partial charge < -0.3 is 9.84 Å². The summed E-state index contributed by atoms with van der Waals surface area (Å²) in [5.74, 6) is -0.563. The maximum Gasteiger partial charge on any atom is 0.337 e. The summed E-state index contributed by atoms with van der Waals surface area (Å²) >= 11 is 8.95. The van der Waals surface area contributed by atoms with E-state index in [9.17, 15) is 4.79 Å². The summed E-state index contributed by atoms with van der Waals surface area (Å²) in [6, 6.07) is 2.94. The first-order chi connectivity index (χ1) is 8.56. The highest BCUT2D eigenvalue weighted by Gasteiger charge is 2.11. The van der Waals surface area contributed by atoms with Crippen molar-refractivity contribution in [3.8, 4) is 11.6 Å². The molecule has 0 bridgehead atoms. The van der Waals surface area contributed by atoms with Crippen LogP contribution in [0.2, 0.25) is 5.02 Å². The minimum atomic E-state index is -1.14. The summed E-state index contributed by atoms with van der Waals surface area (Å²) in [6.45, 7) is 0. The largest absolute Gasteiger partial charge is 0.478 e. The Hall–Kier alpha value is -1.66. The Morgan fingerprint density at radius 2 is 2.11 bits per heavy atom. The minimum Gasteiger partial charge on any atom is -0.478 e. The minimum absolute atomic E-state index is 0.0576. The molecule has 0 aromatic carbocycles. The van der Waals surface area contributed by atoms with Crippen molar-refractivity contribution in [2.45, 2.75) is 0 Å². The zero-order valence-corrected chi connectivity index (χ0v) is 11.1. The molecule has 1 N–H and O–H groups in total. The van der Waals surface area contributed by atoms with E-state index in [1.54, 1.807) is 12.3 Å². The molecule has 0 spiro atoms. The Balaban J connectivity index is 2.30. The molecule has 5 nitrogen and oxygen atoms in total. The molecule has 0 aliphatic heterocycles. The quantitative estimate of drug-likeness (QED) is 0.934. The second-order valence-electron chi connectivity index (χ2n) is 3.25. The van der Waals surface area contributed by atoms with Crippen LogP contribution in [0, 0.1) is 0 Å². The standard InChI is InChI=1S/C11H6BrClN2O3/c12-6-1-7(4-14-3-6)18-10-2-8(11(16)17)9(13)5-15-10/h1-5H,(H,16,17). The fourth-order valence-corrected chi connectivity index (χ4v) is 1.74. The summed E-state index contributed by atoms with van der Waals surface area (Å²) in [7, 11) is 0. The number of rotatable bonds is 3. The molecule has 0 saturated carbocycles. The molecule has 0 fully saturated rings. The number of halogens is 2. The third kappa shape index (κ3) is 2.96. The first-order valence-electron chi connectivity index (χ1n) is 4.73. The van der Waals surface area contributed by atoms with Crippen molar-refractivity contribution in [1.29, 1.82) is 0 Å². The van der Waals surface area contributed by atoms with Gasteiger partial charge in [0.05, 0.1) is 23.0 Å². The van der Waals surface area contributed by atoms with Crippen molar-refractivity contribution < 1.29 is 14.6 Å². The molecular weight excluding hydrogens is 323 g/mol. The Morgan fingerprint density at radius 3 is 2.78 bits per heavy atom. The summed E-state index contributed by atoms with van der Waals surface area (Å²) in [5.41, 5.74) is -0.0652. The number of aromatic carboxylic acids is 1. The van der Waals surface area contributed by atoms with Crippen molar-refractivity contribution in [1.82, 2.24) is 9.97 Å². The average molecular weight is 330 g/mol. The van der Waals surface area contributed by atoms with Gasteiger partial charge in [-0.15, -0.1) is 0 Å². The lowest BCUT2D eigenvalue weighted by molar-refractivity contribution is 0.0696. The van der Waals surface area contributed by atoms with Gasteiger partial charge in [-0.1, -0.05) is 11.6 Å². The number of ether oxygens (including phenoxy) is 1. The van der Waals surface area contributed by atoms with Gasteiger partial charge in [0.15, 0.2) is 0 Å². The van der Waals surface area contributed by atoms with Crippen molar-refractivity contribution >= 4 is 33.5 Å². The highest BCUT2D eigenvalue weighted by atomic mass is 79.9. The normalized spacial score (nSPS) is 10.1. The molecule has 0 unspecified atom stereocenters. The predicted octanol–water partition coefficient (Wildman–Crippen LogP) is 3.38. The summed E-state index contributed by atoms with van der Waals surface area (Å²) < 4.78 is 6.12. The third-order valence-electron chi connectivity index (χ3n) is 1.96. The van der Waals surface area contributed by atoms with Gasteiger partial charge in [0, 0.05) is 16.7 Å². The number of carboxylic acids is 1. The van der Waals surface area contributed by atoms with E-state index in [-0.39, 0.29) is 16.5 Å². The van der Waals surface area contributed by atoms with E-state index < -0.39 is 5.97 Å². The zero-order valence-electron chi connectivity index (χ0n) is 8.80. The molecule has 7 heteroatoms. The highest BCUT2D eigenvalue weighted by molar-refractivity contribution is 9.10. The lowest BCUT2D eigenvalue weighted by Gasteiger charge is -2.06. The first-order valence-corrected chi connectivity index (χ1v) is 5.90. The molecule has 2 rings (SSSR count). The van der Waals surface area contributed by atoms with Crippen molar-refractivity contribution in [3.63, 3.8) is 0 Å². The van der Waals surface area contributed by atoms with Crippen LogP contribution < -0.4 is 4.74 Å². The summed E-state index contributed by atoms with van der Waals surface area (Å²) in [6.07, 6.45) is 4.32. The first kappa shape index (κ1) is 12.8. The van der Waals surface area contributed by atoms with E-state index in [0.29, 0.717) is 5.75 Å². The number of aromatic nitrogens is 2. The Bertz CT molecular complexity index is 607. The summed E-state index contributed by atoms with van der Waals surface area (Å²) in [4.78, 5) is 18.7. The van der Waals surface area contributed by atoms with Crippen LogP contribution in [0.3, 0.4) is 0 Å². The van der Waals surface area contributed by atoms with E-state index in [0.717, 1.165) is 4.47 Å². The molecule has 0 aliphatic carbocycles. The third-order valence-corrected chi connectivity index (χ3v) is 2.70. The topological polar surface area (TPSA) is 72.3 Å². The van der Waals surface area contributed by atoms with Gasteiger partial charge in [0.2, 0.25) is 5.88 Å². The second-order valence-corrected chi connectivity index (χ2v) is 4.57. The Morgan fingerprint density at radius 1 is 1.33 bits per heavy atom. The van der Waals surface area contributed by atoms with Crippen molar-refractivity contribution in [2.75, 3.05) is 0 Å². The number of hydrogen-bond donors (Lipinski definition) is 1. The van der Waals surface area contributed by atoms with Crippen LogP contribution in [0.4, 0.5) is 0 Å². The monoisotopic (exact) mass is 328 g/mol. The van der Waals surface area contributed by atoms with Crippen LogP contribution in [0.1, 0.15) is 10.4 Å². The van der Waals surface area contributed by atoms with Gasteiger partial charge in [0.25, 0.3) is 0 Å². The number of carbonyl (C=O) groups is 1. The molecule has 0 saturated heterocycles. The molecular formula is C11H6BrClN2O3. The molecule has 0 amide bonds. The van der Waals surface area contributed by atoms with Gasteiger partial charge in [-0.3, -0.25) is 4.98 Å². The fourth-order valence-electron chi connectivity index (χ4n) is 1.21. The maximum atomic E-state index is 10.9. The van der Waals surface area contributed by atoms with Crippen LogP contribution in [0.15, 0.2) is 35.2 Å². The lowest BCUT2D eigenvalue weighted by atomic mass is 10.3. The SMILES string of the molecule is O=C(O)c1cc(Oc2cncc(Br)c2)ncc1Cl. The van der Waals surface area contributed by atoms with Crippen LogP contribution in [-0.4, -0.2) is 21.0 Å². The molecule has 92 valence electrons. The van der Waals surface area contributed by atoms with Gasteiger partial charge in [0.1, 0.15) is 5.75 Å². The van der Waals surface area contributed by atoms with Crippen LogP contribution >= 0.6 is 27.5 Å². The van der Waals surface area contributed by atoms with Gasteiger partial charge >= 0.3 is 5.97 Å². The molecule has 18 heavy (non-hydrogen) atoms. The Kier molecular flexibility index (Phi) is 3.78. The van der Waals surface area contributed by atoms with E-state index in [1.165, 1.54) is 18.5 Å². The molecule has 2 heterocycles. The number of pyridine rings is 2. The lowest BCUT2D eigenvalue weighted by Crippen LogP contribution is -1.99. The van der Waals surface area contributed by atoms with Crippen LogP contribution in [-0.2, 0) is 0 Å². The number of nitrogens with zero attached hydrogens (tertiary/aromatic N) is 2. The maximum absolute atomic E-state index is 10.9. The number of carboxylic acid groups (broad SMARTS) is 1. The number of hydrogen-bond acceptors (Lipinski definition) is 4. The smallest absolute Gasteiger partial charge is 0.337 e. The molecule has 0 radical (unpaired) electrons. The molecule has 0 atom stereocenters. The van der Waals surface area contributed by atoms with Crippen molar-refractivity contribution in [3.05, 3.63) is 45.8 Å². The van der Waals surface area contributed by atoms with E-state index in [2.05, 4.69) is 25.9 Å². The zero-order chi connectivity index (χ0) is 13.1. The van der Waals surface area contributed by atoms with Crippen LogP contribution in [0.5, 0.6) is 11.6 Å².